The lowest BCUT2D eigenvalue weighted by molar-refractivity contribution is -0.0277. The molecule has 1 nitrogen and oxygen atoms in total. The largest absolute Gasteiger partial charge is 0.325 e. The average molecular weight is 492 g/mol. The summed E-state index contributed by atoms with van der Waals surface area (Å²) in [6, 6.07) is 0. The van der Waals surface area contributed by atoms with Crippen LogP contribution in [0.25, 0.3) is 0 Å². The van der Waals surface area contributed by atoms with Gasteiger partial charge in [-0.3, -0.25) is 0 Å². The summed E-state index contributed by atoms with van der Waals surface area (Å²) < 4.78 is 0. The lowest BCUT2D eigenvalue weighted by Crippen LogP contribution is -2.60. The second-order valence-corrected chi connectivity index (χ2v) is 12.7. The molecule has 3 atom stereocenters. The van der Waals surface area contributed by atoms with E-state index in [2.05, 4.69) is 34.6 Å². The Morgan fingerprint density at radius 1 is 0.600 bits per heavy atom. The minimum atomic E-state index is 0.0440. The number of nitrogens with two attached hydrogens (primary N) is 1. The molecule has 1 heteroatoms. The normalized spacial score (nSPS) is 19.4. The standard InChI is InChI=1S/C34H69N/c1-6-11-15-17-22-27-33(32-25-19-18-20-26-32,30-31(10-5)24-14-9-4)34(35,28-21-13-8-3)29-23-16-12-7-2/h31-32H,6-30,35H2,1-5H3. The van der Waals surface area contributed by atoms with Crippen molar-refractivity contribution in [3.05, 3.63) is 0 Å². The first-order chi connectivity index (χ1) is 17.0. The molecule has 3 unspecified atom stereocenters. The van der Waals surface area contributed by atoms with E-state index in [9.17, 15) is 0 Å². The van der Waals surface area contributed by atoms with Gasteiger partial charge in [0.25, 0.3) is 0 Å². The third-order valence-corrected chi connectivity index (χ3v) is 10.0. The van der Waals surface area contributed by atoms with E-state index in [1.54, 1.807) is 0 Å². The predicted octanol–water partition coefficient (Wildman–Crippen LogP) is 11.8. The zero-order valence-electron chi connectivity index (χ0n) is 25.4. The Morgan fingerprint density at radius 2 is 1.09 bits per heavy atom. The van der Waals surface area contributed by atoms with Gasteiger partial charge in [0.1, 0.15) is 0 Å². The molecular weight excluding hydrogens is 422 g/mol. The molecule has 35 heavy (non-hydrogen) atoms. The second-order valence-electron chi connectivity index (χ2n) is 12.7. The first-order valence-electron chi connectivity index (χ1n) is 16.8. The Bertz CT molecular complexity index is 467. The molecule has 1 rings (SSSR count). The van der Waals surface area contributed by atoms with Crippen molar-refractivity contribution in [2.24, 2.45) is 23.0 Å². The molecule has 0 heterocycles. The van der Waals surface area contributed by atoms with Crippen LogP contribution in [0.4, 0.5) is 0 Å². The second kappa shape index (κ2) is 20.0. The molecule has 0 amide bonds. The van der Waals surface area contributed by atoms with Crippen LogP contribution in [0.5, 0.6) is 0 Å². The highest BCUT2D eigenvalue weighted by Crippen LogP contribution is 2.56. The molecule has 1 aliphatic rings. The first-order valence-corrected chi connectivity index (χ1v) is 16.8. The van der Waals surface area contributed by atoms with Crippen LogP contribution in [0.3, 0.4) is 0 Å². The zero-order valence-corrected chi connectivity index (χ0v) is 25.4. The van der Waals surface area contributed by atoms with Crippen molar-refractivity contribution in [2.45, 2.75) is 201 Å². The van der Waals surface area contributed by atoms with Crippen LogP contribution >= 0.6 is 0 Å². The highest BCUT2D eigenvalue weighted by atomic mass is 14.8. The van der Waals surface area contributed by atoms with Crippen LogP contribution in [-0.2, 0) is 0 Å². The lowest BCUT2D eigenvalue weighted by Gasteiger charge is -2.56. The fourth-order valence-corrected chi connectivity index (χ4v) is 7.67. The van der Waals surface area contributed by atoms with E-state index < -0.39 is 0 Å². The van der Waals surface area contributed by atoms with E-state index in [-0.39, 0.29) is 5.54 Å². The molecule has 210 valence electrons. The summed E-state index contributed by atoms with van der Waals surface area (Å²) >= 11 is 0. The lowest BCUT2D eigenvalue weighted by atomic mass is 9.51. The molecular formula is C34H69N. The minimum Gasteiger partial charge on any atom is -0.325 e. The van der Waals surface area contributed by atoms with Gasteiger partial charge in [-0.2, -0.15) is 0 Å². The smallest absolute Gasteiger partial charge is 0.0214 e. The number of hydrogen-bond donors (Lipinski definition) is 1. The Hall–Kier alpha value is -0.0400. The molecule has 0 aromatic rings. The van der Waals surface area contributed by atoms with E-state index in [1.807, 2.05) is 0 Å². The van der Waals surface area contributed by atoms with Crippen molar-refractivity contribution >= 4 is 0 Å². The Morgan fingerprint density at radius 3 is 1.66 bits per heavy atom. The Kier molecular flexibility index (Phi) is 18.8. The van der Waals surface area contributed by atoms with E-state index >= 15 is 0 Å². The molecule has 0 aromatic carbocycles. The maximum Gasteiger partial charge on any atom is 0.0214 e. The van der Waals surface area contributed by atoms with Gasteiger partial charge in [0.2, 0.25) is 0 Å². The monoisotopic (exact) mass is 492 g/mol. The molecule has 1 saturated carbocycles. The summed E-state index contributed by atoms with van der Waals surface area (Å²) in [5, 5.41) is 0. The number of unbranched alkanes of at least 4 members (excludes halogenated alkanes) is 10. The van der Waals surface area contributed by atoms with Gasteiger partial charge >= 0.3 is 0 Å². The fourth-order valence-electron chi connectivity index (χ4n) is 7.67. The van der Waals surface area contributed by atoms with Gasteiger partial charge in [0, 0.05) is 5.54 Å². The fraction of sp³-hybridized carbons (Fsp3) is 1.00. The Labute approximate surface area is 223 Å². The zero-order chi connectivity index (χ0) is 25.8. The summed E-state index contributed by atoms with van der Waals surface area (Å²) in [7, 11) is 0. The third-order valence-electron chi connectivity index (χ3n) is 10.0. The van der Waals surface area contributed by atoms with Gasteiger partial charge < -0.3 is 5.73 Å². The molecule has 0 aromatic heterocycles. The van der Waals surface area contributed by atoms with Gasteiger partial charge in [-0.15, -0.1) is 0 Å². The van der Waals surface area contributed by atoms with Crippen LogP contribution in [0.2, 0.25) is 0 Å². The molecule has 0 aliphatic heterocycles. The highest BCUT2D eigenvalue weighted by molar-refractivity contribution is 5.07. The molecule has 2 N–H and O–H groups in total. The topological polar surface area (TPSA) is 26.0 Å². The Balaban J connectivity index is 3.36. The van der Waals surface area contributed by atoms with E-state index in [0.717, 1.165) is 11.8 Å². The summed E-state index contributed by atoms with van der Waals surface area (Å²) in [6.07, 6.45) is 34.7. The van der Waals surface area contributed by atoms with Crippen molar-refractivity contribution in [3.63, 3.8) is 0 Å². The van der Waals surface area contributed by atoms with Crippen molar-refractivity contribution in [1.82, 2.24) is 0 Å². The van der Waals surface area contributed by atoms with Gasteiger partial charge in [-0.25, -0.2) is 0 Å². The highest BCUT2D eigenvalue weighted by Gasteiger charge is 2.52. The maximum absolute atomic E-state index is 7.90. The number of hydrogen-bond acceptors (Lipinski definition) is 1. The molecule has 1 fully saturated rings. The average Bonchev–Trinajstić information content (AvgIpc) is 2.88. The molecule has 0 saturated heterocycles. The molecule has 0 bridgehead atoms. The van der Waals surface area contributed by atoms with E-state index in [0.29, 0.717) is 5.41 Å². The summed E-state index contributed by atoms with van der Waals surface area (Å²) in [5.74, 6) is 1.74. The van der Waals surface area contributed by atoms with Crippen molar-refractivity contribution in [3.8, 4) is 0 Å². The summed E-state index contributed by atoms with van der Waals surface area (Å²) in [6.45, 7) is 11.9. The maximum atomic E-state index is 7.90. The molecule has 0 spiro atoms. The van der Waals surface area contributed by atoms with Crippen LogP contribution in [0.15, 0.2) is 0 Å². The van der Waals surface area contributed by atoms with E-state index in [4.69, 9.17) is 5.73 Å². The van der Waals surface area contributed by atoms with Crippen molar-refractivity contribution in [1.29, 1.82) is 0 Å². The van der Waals surface area contributed by atoms with Crippen molar-refractivity contribution < 1.29 is 0 Å². The minimum absolute atomic E-state index is 0.0440. The molecule has 1 aliphatic carbocycles. The van der Waals surface area contributed by atoms with Crippen LogP contribution < -0.4 is 5.73 Å². The van der Waals surface area contributed by atoms with Crippen LogP contribution in [0.1, 0.15) is 195 Å². The molecule has 0 radical (unpaired) electrons. The SMILES string of the molecule is CCCCCCCC(CC(CC)CCCC)(C1CCCCC1)C(N)(CCCCC)CCCCCC. The van der Waals surface area contributed by atoms with Gasteiger partial charge in [0.15, 0.2) is 0 Å². The predicted molar refractivity (Wildman–Crippen MR) is 160 cm³/mol. The summed E-state index contributed by atoms with van der Waals surface area (Å²) in [4.78, 5) is 0. The van der Waals surface area contributed by atoms with Crippen LogP contribution in [0, 0.1) is 17.3 Å². The quantitative estimate of drug-likeness (QED) is 0.141. The van der Waals surface area contributed by atoms with Crippen LogP contribution in [-0.4, -0.2) is 5.54 Å². The van der Waals surface area contributed by atoms with Gasteiger partial charge in [-0.1, -0.05) is 157 Å². The first kappa shape index (κ1) is 33.0. The van der Waals surface area contributed by atoms with Gasteiger partial charge in [-0.05, 0) is 55.8 Å². The van der Waals surface area contributed by atoms with Crippen molar-refractivity contribution in [2.75, 3.05) is 0 Å². The third kappa shape index (κ3) is 11.5. The van der Waals surface area contributed by atoms with Gasteiger partial charge in [0.05, 0.1) is 0 Å². The van der Waals surface area contributed by atoms with E-state index in [1.165, 1.54) is 161 Å². The number of rotatable bonds is 23. The summed E-state index contributed by atoms with van der Waals surface area (Å²) in [5.41, 5.74) is 8.32.